The van der Waals surface area contributed by atoms with E-state index in [1.54, 1.807) is 17.0 Å². The number of phenols is 1. The maximum Gasteiger partial charge on any atom is 0.342 e. The Kier molecular flexibility index (Phi) is 3.33. The lowest BCUT2D eigenvalue weighted by molar-refractivity contribution is -0.134. The van der Waals surface area contributed by atoms with Crippen LogP contribution in [0.1, 0.15) is 28.8 Å². The van der Waals surface area contributed by atoms with Crippen molar-refractivity contribution in [1.29, 1.82) is 0 Å². The van der Waals surface area contributed by atoms with Gasteiger partial charge in [0.2, 0.25) is 5.91 Å². The van der Waals surface area contributed by atoms with Gasteiger partial charge in [-0.25, -0.2) is 4.79 Å². The quantitative estimate of drug-likeness (QED) is 0.856. The van der Waals surface area contributed by atoms with Crippen molar-refractivity contribution in [1.82, 2.24) is 4.90 Å². The molecule has 6 heteroatoms. The second kappa shape index (κ2) is 5.40. The van der Waals surface area contributed by atoms with Crippen molar-refractivity contribution >= 4 is 22.6 Å². The van der Waals surface area contributed by atoms with E-state index in [9.17, 15) is 14.7 Å². The molecule has 0 aromatic heterocycles. The van der Waals surface area contributed by atoms with Crippen LogP contribution in [-0.2, 0) is 16.0 Å². The maximum atomic E-state index is 12.2. The highest BCUT2D eigenvalue weighted by molar-refractivity contribution is 6.06. The molecule has 124 valence electrons. The molecule has 2 aliphatic heterocycles. The second-order valence-corrected chi connectivity index (χ2v) is 6.04. The first-order valence-corrected chi connectivity index (χ1v) is 7.92. The number of methoxy groups -OCH3 is 1. The molecular weight excluding hydrogens is 310 g/mol. The first-order chi connectivity index (χ1) is 11.6. The molecule has 2 heterocycles. The van der Waals surface area contributed by atoms with Crippen LogP contribution in [0.5, 0.6) is 11.5 Å². The van der Waals surface area contributed by atoms with Gasteiger partial charge in [-0.3, -0.25) is 4.79 Å². The molecule has 1 saturated heterocycles. The topological polar surface area (TPSA) is 76.1 Å². The van der Waals surface area contributed by atoms with E-state index in [0.717, 1.165) is 11.8 Å². The number of fused-ring (bicyclic) bond motifs is 3. The highest BCUT2D eigenvalue weighted by atomic mass is 16.5. The Bertz CT molecular complexity index is 860. The summed E-state index contributed by atoms with van der Waals surface area (Å²) >= 11 is 0. The summed E-state index contributed by atoms with van der Waals surface area (Å²) in [5.74, 6) is -0.103. The third kappa shape index (κ3) is 2.02. The number of hydrogen-bond acceptors (Lipinski definition) is 5. The van der Waals surface area contributed by atoms with Gasteiger partial charge >= 0.3 is 5.97 Å². The van der Waals surface area contributed by atoms with E-state index in [0.29, 0.717) is 36.1 Å². The van der Waals surface area contributed by atoms with Crippen LogP contribution in [0.4, 0.5) is 0 Å². The normalized spacial score (nSPS) is 19.5. The molecule has 1 N–H and O–H groups in total. The number of nitrogens with zero attached hydrogens (tertiary/aromatic N) is 1. The standard InChI is InChI=1S/C18H17NO5/c1-23-18(22)15-12-9-14(19-8-4-7-13(19)20)24-17(12)11-6-3-2-5-10(11)16(15)21/h2-3,5-6,14,21H,4,7-9H2,1H3. The van der Waals surface area contributed by atoms with Gasteiger partial charge in [-0.1, -0.05) is 24.3 Å². The van der Waals surface area contributed by atoms with Crippen molar-refractivity contribution in [2.24, 2.45) is 0 Å². The smallest absolute Gasteiger partial charge is 0.342 e. The number of esters is 1. The first-order valence-electron chi connectivity index (χ1n) is 7.92. The number of carbonyl (C=O) groups excluding carboxylic acids is 2. The van der Waals surface area contributed by atoms with Gasteiger partial charge in [0.25, 0.3) is 0 Å². The fraction of sp³-hybridized carbons (Fsp3) is 0.333. The van der Waals surface area contributed by atoms with Crippen LogP contribution in [-0.4, -0.2) is 41.8 Å². The van der Waals surface area contributed by atoms with Crippen LogP contribution in [0, 0.1) is 0 Å². The molecule has 24 heavy (non-hydrogen) atoms. The summed E-state index contributed by atoms with van der Waals surface area (Å²) in [6, 6.07) is 7.20. The number of rotatable bonds is 2. The minimum Gasteiger partial charge on any atom is -0.506 e. The summed E-state index contributed by atoms with van der Waals surface area (Å²) in [6.07, 6.45) is 1.25. The Balaban J connectivity index is 1.89. The molecule has 0 spiro atoms. The van der Waals surface area contributed by atoms with E-state index < -0.39 is 12.2 Å². The third-order valence-corrected chi connectivity index (χ3v) is 4.72. The van der Waals surface area contributed by atoms with E-state index >= 15 is 0 Å². The zero-order valence-corrected chi connectivity index (χ0v) is 13.2. The van der Waals surface area contributed by atoms with Crippen molar-refractivity contribution in [3.05, 3.63) is 35.4 Å². The molecule has 0 radical (unpaired) electrons. The van der Waals surface area contributed by atoms with E-state index in [1.807, 2.05) is 12.1 Å². The fourth-order valence-electron chi connectivity index (χ4n) is 3.59. The minimum absolute atomic E-state index is 0.0564. The Morgan fingerprint density at radius 1 is 1.33 bits per heavy atom. The van der Waals surface area contributed by atoms with Crippen molar-refractivity contribution in [2.45, 2.75) is 25.5 Å². The van der Waals surface area contributed by atoms with E-state index in [4.69, 9.17) is 9.47 Å². The number of hydrogen-bond donors (Lipinski definition) is 1. The lowest BCUT2D eigenvalue weighted by Crippen LogP contribution is -2.39. The Labute approximate surface area is 138 Å². The Hall–Kier alpha value is -2.76. The zero-order chi connectivity index (χ0) is 16.8. The van der Waals surface area contributed by atoms with Crippen LogP contribution in [0.15, 0.2) is 24.3 Å². The van der Waals surface area contributed by atoms with Crippen LogP contribution < -0.4 is 4.74 Å². The molecule has 1 unspecified atom stereocenters. The van der Waals surface area contributed by atoms with E-state index in [2.05, 4.69) is 0 Å². The highest BCUT2D eigenvalue weighted by Gasteiger charge is 2.38. The monoisotopic (exact) mass is 327 g/mol. The number of ether oxygens (including phenoxy) is 2. The molecule has 2 aromatic carbocycles. The number of aromatic hydroxyl groups is 1. The predicted octanol–water partition coefficient (Wildman–Crippen LogP) is 2.22. The third-order valence-electron chi connectivity index (χ3n) is 4.72. The van der Waals surface area contributed by atoms with Crippen LogP contribution >= 0.6 is 0 Å². The van der Waals surface area contributed by atoms with Crippen molar-refractivity contribution in [2.75, 3.05) is 13.7 Å². The Morgan fingerprint density at radius 3 is 2.75 bits per heavy atom. The molecule has 1 atom stereocenters. The van der Waals surface area contributed by atoms with Gasteiger partial charge in [-0.2, -0.15) is 0 Å². The number of carbonyl (C=O) groups is 2. The number of amides is 1. The Morgan fingerprint density at radius 2 is 2.08 bits per heavy atom. The van der Waals surface area contributed by atoms with E-state index in [1.165, 1.54) is 7.11 Å². The number of likely N-dealkylation sites (tertiary alicyclic amines) is 1. The number of phenolic OH excluding ortho intramolecular Hbond substituents is 1. The summed E-state index contributed by atoms with van der Waals surface area (Å²) in [5, 5.41) is 11.8. The van der Waals surface area contributed by atoms with Crippen LogP contribution in [0.2, 0.25) is 0 Å². The average molecular weight is 327 g/mol. The minimum atomic E-state index is -0.605. The maximum absolute atomic E-state index is 12.2. The molecular formula is C18H17NO5. The van der Waals surface area contributed by atoms with Crippen LogP contribution in [0.3, 0.4) is 0 Å². The van der Waals surface area contributed by atoms with Gasteiger partial charge in [0.15, 0.2) is 6.23 Å². The van der Waals surface area contributed by atoms with Crippen molar-refractivity contribution < 1.29 is 24.2 Å². The second-order valence-electron chi connectivity index (χ2n) is 6.04. The molecule has 1 fully saturated rings. The summed E-state index contributed by atoms with van der Waals surface area (Å²) in [6.45, 7) is 0.648. The van der Waals surface area contributed by atoms with Crippen molar-refractivity contribution in [3.8, 4) is 11.5 Å². The lowest BCUT2D eigenvalue weighted by atomic mass is 9.96. The summed E-state index contributed by atoms with van der Waals surface area (Å²) in [5.41, 5.74) is 0.725. The van der Waals surface area contributed by atoms with Gasteiger partial charge in [0, 0.05) is 35.7 Å². The van der Waals surface area contributed by atoms with Crippen LogP contribution in [0.25, 0.3) is 10.8 Å². The molecule has 2 aromatic rings. The fourth-order valence-corrected chi connectivity index (χ4v) is 3.59. The van der Waals surface area contributed by atoms with Gasteiger partial charge in [0.05, 0.1) is 7.11 Å². The molecule has 0 aliphatic carbocycles. The first kappa shape index (κ1) is 14.8. The van der Waals surface area contributed by atoms with Gasteiger partial charge < -0.3 is 19.5 Å². The molecule has 4 rings (SSSR count). The van der Waals surface area contributed by atoms with Crippen molar-refractivity contribution in [3.63, 3.8) is 0 Å². The van der Waals surface area contributed by atoms with Gasteiger partial charge in [-0.15, -0.1) is 0 Å². The largest absolute Gasteiger partial charge is 0.506 e. The van der Waals surface area contributed by atoms with E-state index in [-0.39, 0.29) is 17.2 Å². The molecule has 2 aliphatic rings. The number of benzene rings is 2. The van der Waals surface area contributed by atoms with Gasteiger partial charge in [0.1, 0.15) is 17.1 Å². The molecule has 0 bridgehead atoms. The summed E-state index contributed by atoms with van der Waals surface area (Å²) in [7, 11) is 1.28. The molecule has 0 saturated carbocycles. The molecule has 6 nitrogen and oxygen atoms in total. The SMILES string of the molecule is COC(=O)c1c2c(c3ccccc3c1O)OC(N1CCCC1=O)C2. The summed E-state index contributed by atoms with van der Waals surface area (Å²) in [4.78, 5) is 25.9. The summed E-state index contributed by atoms with van der Waals surface area (Å²) < 4.78 is 10.9. The molecule has 1 amide bonds. The predicted molar refractivity (Wildman–Crippen MR) is 86.0 cm³/mol. The lowest BCUT2D eigenvalue weighted by Gasteiger charge is -2.23. The average Bonchev–Trinajstić information content (AvgIpc) is 3.21. The highest BCUT2D eigenvalue weighted by Crippen LogP contribution is 2.45. The van der Waals surface area contributed by atoms with Gasteiger partial charge in [-0.05, 0) is 6.42 Å². The zero-order valence-electron chi connectivity index (χ0n) is 13.2.